The van der Waals surface area contributed by atoms with Gasteiger partial charge in [0.15, 0.2) is 5.78 Å². The second-order valence-electron chi connectivity index (χ2n) is 4.45. The smallest absolute Gasteiger partial charge is 0.196 e. The molecule has 5 heteroatoms. The van der Waals surface area contributed by atoms with E-state index in [1.54, 1.807) is 43.3 Å². The van der Waals surface area contributed by atoms with Crippen molar-refractivity contribution >= 4 is 5.78 Å². The third-order valence-corrected chi connectivity index (χ3v) is 3.10. The molecule has 0 spiro atoms. The van der Waals surface area contributed by atoms with Crippen molar-refractivity contribution in [2.24, 2.45) is 7.05 Å². The van der Waals surface area contributed by atoms with E-state index in [9.17, 15) is 4.79 Å². The third kappa shape index (κ3) is 2.66. The largest absolute Gasteiger partial charge is 0.497 e. The van der Waals surface area contributed by atoms with Gasteiger partial charge in [-0.05, 0) is 18.6 Å². The minimum atomic E-state index is -0.0767. The van der Waals surface area contributed by atoms with E-state index in [1.165, 1.54) is 0 Å². The van der Waals surface area contributed by atoms with Crippen LogP contribution in [0.2, 0.25) is 0 Å². The van der Waals surface area contributed by atoms with Gasteiger partial charge in [-0.15, -0.1) is 0 Å². The Kier molecular flexibility index (Phi) is 4.08. The Balaban J connectivity index is 2.47. The van der Waals surface area contributed by atoms with Crippen LogP contribution in [-0.4, -0.2) is 29.8 Å². The first-order valence-corrected chi connectivity index (χ1v) is 6.39. The lowest BCUT2D eigenvalue weighted by molar-refractivity contribution is 0.103. The summed E-state index contributed by atoms with van der Waals surface area (Å²) in [5, 5.41) is 4.29. The van der Waals surface area contributed by atoms with Gasteiger partial charge in [0.25, 0.3) is 0 Å². The second-order valence-corrected chi connectivity index (χ2v) is 4.45. The molecule has 5 nitrogen and oxygen atoms in total. The maximum atomic E-state index is 12.6. The summed E-state index contributed by atoms with van der Waals surface area (Å²) in [4.78, 5) is 12.6. The van der Waals surface area contributed by atoms with Crippen molar-refractivity contribution in [3.8, 4) is 11.5 Å². The highest BCUT2D eigenvalue weighted by Gasteiger charge is 2.18. The van der Waals surface area contributed by atoms with Crippen LogP contribution in [0.4, 0.5) is 0 Å². The van der Waals surface area contributed by atoms with Crippen molar-refractivity contribution in [2.45, 2.75) is 13.3 Å². The van der Waals surface area contributed by atoms with Crippen LogP contribution in [-0.2, 0) is 13.5 Å². The number of ether oxygens (including phenoxy) is 2. The normalized spacial score (nSPS) is 10.4. The van der Waals surface area contributed by atoms with Crippen molar-refractivity contribution < 1.29 is 14.3 Å². The summed E-state index contributed by atoms with van der Waals surface area (Å²) in [6.07, 6.45) is 2.45. The number of aromatic nitrogens is 2. The van der Waals surface area contributed by atoms with Crippen LogP contribution in [0.25, 0.3) is 0 Å². The fourth-order valence-electron chi connectivity index (χ4n) is 2.08. The predicted octanol–water partition coefficient (Wildman–Crippen LogP) is 2.23. The number of ketones is 1. The first-order valence-electron chi connectivity index (χ1n) is 6.39. The van der Waals surface area contributed by atoms with Gasteiger partial charge >= 0.3 is 0 Å². The molecule has 0 aliphatic carbocycles. The number of methoxy groups -OCH3 is 2. The van der Waals surface area contributed by atoms with Crippen LogP contribution >= 0.6 is 0 Å². The van der Waals surface area contributed by atoms with Gasteiger partial charge in [-0.1, -0.05) is 6.92 Å². The molecule has 0 radical (unpaired) electrons. The maximum Gasteiger partial charge on any atom is 0.196 e. The molecule has 20 heavy (non-hydrogen) atoms. The van der Waals surface area contributed by atoms with Gasteiger partial charge in [-0.3, -0.25) is 9.48 Å². The third-order valence-electron chi connectivity index (χ3n) is 3.10. The van der Waals surface area contributed by atoms with Crippen molar-refractivity contribution in [1.82, 2.24) is 9.78 Å². The summed E-state index contributed by atoms with van der Waals surface area (Å²) >= 11 is 0. The van der Waals surface area contributed by atoms with Gasteiger partial charge in [0.2, 0.25) is 0 Å². The number of hydrogen-bond acceptors (Lipinski definition) is 4. The zero-order valence-electron chi connectivity index (χ0n) is 12.1. The van der Waals surface area contributed by atoms with E-state index < -0.39 is 0 Å². The molecule has 0 amide bonds. The summed E-state index contributed by atoms with van der Waals surface area (Å²) in [5.41, 5.74) is 1.94. The molecule has 2 aromatic rings. The molecule has 0 bridgehead atoms. The molecular formula is C15H18N2O3. The molecule has 0 aliphatic rings. The fourth-order valence-corrected chi connectivity index (χ4v) is 2.08. The Morgan fingerprint density at radius 2 is 1.80 bits per heavy atom. The molecule has 1 heterocycles. The van der Waals surface area contributed by atoms with E-state index in [4.69, 9.17) is 9.47 Å². The van der Waals surface area contributed by atoms with Crippen molar-refractivity contribution in [2.75, 3.05) is 14.2 Å². The molecule has 0 saturated carbocycles. The van der Waals surface area contributed by atoms with Crippen LogP contribution in [0.1, 0.15) is 28.5 Å². The number of nitrogens with zero attached hydrogens (tertiary/aromatic N) is 2. The Bertz CT molecular complexity index is 610. The Labute approximate surface area is 118 Å². The van der Waals surface area contributed by atoms with E-state index in [2.05, 4.69) is 5.10 Å². The number of carbonyl (C=O) groups is 1. The highest BCUT2D eigenvalue weighted by molar-refractivity contribution is 6.10. The molecule has 1 aromatic carbocycles. The van der Waals surface area contributed by atoms with Gasteiger partial charge in [0.1, 0.15) is 11.5 Å². The zero-order valence-corrected chi connectivity index (χ0v) is 12.1. The SMILES string of the molecule is CCc1nn(C)cc1C(=O)c1cc(OC)cc(OC)c1. The van der Waals surface area contributed by atoms with Crippen LogP contribution in [0.5, 0.6) is 11.5 Å². The van der Waals surface area contributed by atoms with E-state index >= 15 is 0 Å². The van der Waals surface area contributed by atoms with Crippen molar-refractivity contribution in [3.63, 3.8) is 0 Å². The number of rotatable bonds is 5. The van der Waals surface area contributed by atoms with E-state index in [0.29, 0.717) is 29.0 Å². The molecule has 0 N–H and O–H groups in total. The molecule has 0 saturated heterocycles. The molecule has 106 valence electrons. The second kappa shape index (κ2) is 5.77. The van der Waals surface area contributed by atoms with E-state index in [1.807, 2.05) is 14.0 Å². The highest BCUT2D eigenvalue weighted by Crippen LogP contribution is 2.25. The van der Waals surface area contributed by atoms with Gasteiger partial charge in [-0.25, -0.2) is 0 Å². The first kappa shape index (κ1) is 14.1. The fraction of sp³-hybridized carbons (Fsp3) is 0.333. The van der Waals surface area contributed by atoms with Crippen LogP contribution in [0.3, 0.4) is 0 Å². The number of hydrogen-bond donors (Lipinski definition) is 0. The minimum Gasteiger partial charge on any atom is -0.497 e. The first-order chi connectivity index (χ1) is 9.58. The number of aryl methyl sites for hydroxylation is 2. The number of benzene rings is 1. The topological polar surface area (TPSA) is 53.4 Å². The van der Waals surface area contributed by atoms with Gasteiger partial charge in [0.05, 0.1) is 25.5 Å². The van der Waals surface area contributed by atoms with Crippen LogP contribution < -0.4 is 9.47 Å². The lowest BCUT2D eigenvalue weighted by atomic mass is 10.0. The summed E-state index contributed by atoms with van der Waals surface area (Å²) in [5.74, 6) is 1.11. The van der Waals surface area contributed by atoms with Crippen LogP contribution in [0.15, 0.2) is 24.4 Å². The maximum absolute atomic E-state index is 12.6. The monoisotopic (exact) mass is 274 g/mol. The average molecular weight is 274 g/mol. The van der Waals surface area contributed by atoms with E-state index in [-0.39, 0.29) is 5.78 Å². The Morgan fingerprint density at radius 1 is 1.20 bits per heavy atom. The standard InChI is InChI=1S/C15H18N2O3/c1-5-14-13(9-17(2)16-14)15(18)10-6-11(19-3)8-12(7-10)20-4/h6-9H,5H2,1-4H3. The van der Waals surface area contributed by atoms with Gasteiger partial charge in [0, 0.05) is 24.9 Å². The molecule has 0 fully saturated rings. The molecule has 0 aliphatic heterocycles. The highest BCUT2D eigenvalue weighted by atomic mass is 16.5. The molecule has 0 atom stereocenters. The van der Waals surface area contributed by atoms with Gasteiger partial charge in [-0.2, -0.15) is 5.10 Å². The molecule has 1 aromatic heterocycles. The summed E-state index contributed by atoms with van der Waals surface area (Å²) in [7, 11) is 4.93. The van der Waals surface area contributed by atoms with Crippen molar-refractivity contribution in [3.05, 3.63) is 41.2 Å². The zero-order chi connectivity index (χ0) is 14.7. The lowest BCUT2D eigenvalue weighted by Gasteiger charge is -2.07. The number of carbonyl (C=O) groups excluding carboxylic acids is 1. The van der Waals surface area contributed by atoms with Crippen LogP contribution in [0, 0.1) is 0 Å². The quantitative estimate of drug-likeness (QED) is 0.785. The average Bonchev–Trinajstić information content (AvgIpc) is 2.86. The predicted molar refractivity (Wildman–Crippen MR) is 75.6 cm³/mol. The minimum absolute atomic E-state index is 0.0767. The Morgan fingerprint density at radius 3 is 2.30 bits per heavy atom. The molecule has 2 rings (SSSR count). The Hall–Kier alpha value is -2.30. The summed E-state index contributed by atoms with van der Waals surface area (Å²) in [6, 6.07) is 5.15. The summed E-state index contributed by atoms with van der Waals surface area (Å²) < 4.78 is 12.0. The van der Waals surface area contributed by atoms with E-state index in [0.717, 1.165) is 5.69 Å². The van der Waals surface area contributed by atoms with Gasteiger partial charge < -0.3 is 9.47 Å². The summed E-state index contributed by atoms with van der Waals surface area (Å²) in [6.45, 7) is 1.98. The van der Waals surface area contributed by atoms with Crippen molar-refractivity contribution in [1.29, 1.82) is 0 Å². The molecule has 0 unspecified atom stereocenters. The molecular weight excluding hydrogens is 256 g/mol. The lowest BCUT2D eigenvalue weighted by Crippen LogP contribution is -2.04.